The fourth-order valence-electron chi connectivity index (χ4n) is 1.92. The average Bonchev–Trinajstić information content (AvgIpc) is 2.51. The average molecular weight is 356 g/mol. The van der Waals surface area contributed by atoms with Crippen LogP contribution in [0.3, 0.4) is 0 Å². The number of rotatable bonds is 6. The molecule has 1 amide bonds. The van der Waals surface area contributed by atoms with E-state index in [0.29, 0.717) is 33.0 Å². The van der Waals surface area contributed by atoms with E-state index in [9.17, 15) is 4.79 Å². The van der Waals surface area contributed by atoms with E-state index in [4.69, 9.17) is 37.4 Å². The van der Waals surface area contributed by atoms with Gasteiger partial charge in [0.2, 0.25) is 5.75 Å². The number of anilines is 1. The Hall–Kier alpha value is -2.11. The zero-order valence-corrected chi connectivity index (χ0v) is 14.1. The lowest BCUT2D eigenvalue weighted by molar-refractivity contribution is -0.118. The predicted octanol–water partition coefficient (Wildman–Crippen LogP) is 4.03. The van der Waals surface area contributed by atoms with Crippen molar-refractivity contribution in [2.24, 2.45) is 0 Å². The number of hydrogen-bond acceptors (Lipinski definition) is 4. The van der Waals surface area contributed by atoms with Crippen molar-refractivity contribution in [3.63, 3.8) is 0 Å². The van der Waals surface area contributed by atoms with E-state index in [1.54, 1.807) is 36.4 Å². The number of carbonyl (C=O) groups excluding carboxylic acids is 1. The lowest BCUT2D eigenvalue weighted by Gasteiger charge is -2.14. The summed E-state index contributed by atoms with van der Waals surface area (Å²) in [5, 5.41) is 3.52. The van der Waals surface area contributed by atoms with Gasteiger partial charge < -0.3 is 19.5 Å². The Balaban J connectivity index is 2.05. The first-order valence-electron chi connectivity index (χ1n) is 6.63. The molecule has 0 fully saturated rings. The summed E-state index contributed by atoms with van der Waals surface area (Å²) in [7, 11) is 3.02. The molecule has 0 saturated carbocycles. The van der Waals surface area contributed by atoms with Crippen LogP contribution in [0.15, 0.2) is 36.4 Å². The van der Waals surface area contributed by atoms with Crippen LogP contribution in [0, 0.1) is 0 Å². The van der Waals surface area contributed by atoms with Gasteiger partial charge in [0.05, 0.1) is 14.2 Å². The summed E-state index contributed by atoms with van der Waals surface area (Å²) in [6, 6.07) is 9.95. The second-order valence-corrected chi connectivity index (χ2v) is 5.36. The molecule has 0 spiro atoms. The Morgan fingerprint density at radius 3 is 2.13 bits per heavy atom. The van der Waals surface area contributed by atoms with Crippen molar-refractivity contribution in [1.82, 2.24) is 0 Å². The first-order valence-corrected chi connectivity index (χ1v) is 7.39. The summed E-state index contributed by atoms with van der Waals surface area (Å²) in [5.41, 5.74) is 0.489. The van der Waals surface area contributed by atoms with E-state index in [0.717, 1.165) is 0 Å². The molecule has 7 heteroatoms. The van der Waals surface area contributed by atoms with Crippen LogP contribution < -0.4 is 19.5 Å². The monoisotopic (exact) mass is 355 g/mol. The molecule has 0 atom stereocenters. The van der Waals surface area contributed by atoms with Crippen LogP contribution in [-0.2, 0) is 4.79 Å². The number of nitrogens with one attached hydrogen (secondary N) is 1. The number of ether oxygens (including phenoxy) is 3. The Labute approximate surface area is 144 Å². The number of benzene rings is 2. The highest BCUT2D eigenvalue weighted by Crippen LogP contribution is 2.36. The van der Waals surface area contributed by atoms with Crippen LogP contribution in [0.2, 0.25) is 10.0 Å². The molecule has 122 valence electrons. The molecule has 23 heavy (non-hydrogen) atoms. The molecule has 0 unspecified atom stereocenters. The third-order valence-corrected chi connectivity index (χ3v) is 3.31. The van der Waals surface area contributed by atoms with Crippen molar-refractivity contribution in [1.29, 1.82) is 0 Å². The molecule has 2 rings (SSSR count). The highest BCUT2D eigenvalue weighted by atomic mass is 35.5. The quantitative estimate of drug-likeness (QED) is 0.849. The minimum absolute atomic E-state index is 0.221. The number of halogens is 2. The molecule has 0 aliphatic heterocycles. The lowest BCUT2D eigenvalue weighted by Crippen LogP contribution is -2.20. The van der Waals surface area contributed by atoms with Gasteiger partial charge in [-0.3, -0.25) is 4.79 Å². The third kappa shape index (κ3) is 4.68. The first-order chi connectivity index (χ1) is 11.0. The second-order valence-electron chi connectivity index (χ2n) is 4.49. The van der Waals surface area contributed by atoms with E-state index in [1.807, 2.05) is 0 Å². The van der Waals surface area contributed by atoms with E-state index >= 15 is 0 Å². The molecular weight excluding hydrogens is 341 g/mol. The number of methoxy groups -OCH3 is 2. The molecule has 0 radical (unpaired) electrons. The Kier molecular flexibility index (Phi) is 5.96. The fourth-order valence-corrected chi connectivity index (χ4v) is 2.45. The molecule has 0 heterocycles. The molecular formula is C16H15Cl2NO4. The predicted molar refractivity (Wildman–Crippen MR) is 90.1 cm³/mol. The second kappa shape index (κ2) is 7.94. The minimum Gasteiger partial charge on any atom is -0.493 e. The smallest absolute Gasteiger partial charge is 0.262 e. The Bertz CT molecular complexity index is 664. The van der Waals surface area contributed by atoms with Gasteiger partial charge in [-0.2, -0.15) is 0 Å². The topological polar surface area (TPSA) is 56.8 Å². The molecule has 5 nitrogen and oxygen atoms in total. The maximum absolute atomic E-state index is 12.0. The molecule has 2 aromatic rings. The van der Waals surface area contributed by atoms with Gasteiger partial charge in [0, 0.05) is 15.7 Å². The van der Waals surface area contributed by atoms with Crippen molar-refractivity contribution in [2.45, 2.75) is 0 Å². The zero-order valence-electron chi connectivity index (χ0n) is 12.6. The van der Waals surface area contributed by atoms with Gasteiger partial charge in [-0.25, -0.2) is 0 Å². The fraction of sp³-hybridized carbons (Fsp3) is 0.188. The minimum atomic E-state index is -0.365. The van der Waals surface area contributed by atoms with Gasteiger partial charge in [-0.15, -0.1) is 0 Å². The van der Waals surface area contributed by atoms with Crippen molar-refractivity contribution in [3.8, 4) is 17.2 Å². The number of para-hydroxylation sites is 1. The summed E-state index contributed by atoms with van der Waals surface area (Å²) in [5.74, 6) is 0.943. The van der Waals surface area contributed by atoms with Crippen LogP contribution in [0.25, 0.3) is 0 Å². The standard InChI is InChI=1S/C16H15Cl2NO4/c1-21-13-4-3-5-14(22-2)16(13)23-9-15(20)19-12-7-10(17)6-11(18)8-12/h3-8H,9H2,1-2H3,(H,19,20). The summed E-state index contributed by atoms with van der Waals surface area (Å²) in [6.45, 7) is -0.221. The van der Waals surface area contributed by atoms with Crippen molar-refractivity contribution < 1.29 is 19.0 Å². The highest BCUT2D eigenvalue weighted by molar-refractivity contribution is 6.35. The van der Waals surface area contributed by atoms with Crippen molar-refractivity contribution >= 4 is 34.8 Å². The van der Waals surface area contributed by atoms with E-state index in [-0.39, 0.29) is 12.5 Å². The lowest BCUT2D eigenvalue weighted by atomic mass is 10.3. The summed E-state index contributed by atoms with van der Waals surface area (Å²) in [4.78, 5) is 12.0. The normalized spacial score (nSPS) is 10.1. The van der Waals surface area contributed by atoms with Crippen LogP contribution in [0.5, 0.6) is 17.2 Å². The van der Waals surface area contributed by atoms with Gasteiger partial charge in [0.1, 0.15) is 0 Å². The molecule has 2 aromatic carbocycles. The van der Waals surface area contributed by atoms with Gasteiger partial charge in [0.25, 0.3) is 5.91 Å². The Morgan fingerprint density at radius 2 is 1.61 bits per heavy atom. The number of carbonyl (C=O) groups is 1. The Morgan fingerprint density at radius 1 is 1.04 bits per heavy atom. The number of amides is 1. The van der Waals surface area contributed by atoms with Crippen molar-refractivity contribution in [2.75, 3.05) is 26.1 Å². The largest absolute Gasteiger partial charge is 0.493 e. The van der Waals surface area contributed by atoms with Crippen molar-refractivity contribution in [3.05, 3.63) is 46.4 Å². The summed E-state index contributed by atoms with van der Waals surface area (Å²) >= 11 is 11.8. The maximum Gasteiger partial charge on any atom is 0.262 e. The maximum atomic E-state index is 12.0. The third-order valence-electron chi connectivity index (χ3n) is 2.88. The molecule has 0 bridgehead atoms. The van der Waals surface area contributed by atoms with Gasteiger partial charge in [-0.1, -0.05) is 29.3 Å². The number of hydrogen-bond donors (Lipinski definition) is 1. The molecule has 0 aliphatic rings. The van der Waals surface area contributed by atoms with Gasteiger partial charge in [0.15, 0.2) is 18.1 Å². The van der Waals surface area contributed by atoms with Crippen LogP contribution >= 0.6 is 23.2 Å². The zero-order chi connectivity index (χ0) is 16.8. The summed E-state index contributed by atoms with van der Waals surface area (Å²) in [6.07, 6.45) is 0. The molecule has 1 N–H and O–H groups in total. The van der Waals surface area contributed by atoms with E-state index in [2.05, 4.69) is 5.32 Å². The van der Waals surface area contributed by atoms with Crippen LogP contribution in [0.1, 0.15) is 0 Å². The highest BCUT2D eigenvalue weighted by Gasteiger charge is 2.13. The van der Waals surface area contributed by atoms with Gasteiger partial charge >= 0.3 is 0 Å². The van der Waals surface area contributed by atoms with E-state index < -0.39 is 0 Å². The van der Waals surface area contributed by atoms with E-state index in [1.165, 1.54) is 14.2 Å². The summed E-state index contributed by atoms with van der Waals surface area (Å²) < 4.78 is 15.9. The van der Waals surface area contributed by atoms with Crippen LogP contribution in [-0.4, -0.2) is 26.7 Å². The SMILES string of the molecule is COc1cccc(OC)c1OCC(=O)Nc1cc(Cl)cc(Cl)c1. The molecule has 0 aliphatic carbocycles. The van der Waals surface area contributed by atoms with Crippen LogP contribution in [0.4, 0.5) is 5.69 Å². The molecule has 0 aromatic heterocycles. The first kappa shape index (κ1) is 17.2. The van der Waals surface area contributed by atoms with Gasteiger partial charge in [-0.05, 0) is 30.3 Å². The molecule has 0 saturated heterocycles.